The Morgan fingerprint density at radius 3 is 2.52 bits per heavy atom. The molecule has 3 aromatic carbocycles. The van der Waals surface area contributed by atoms with E-state index in [-0.39, 0.29) is 5.56 Å². The first-order chi connectivity index (χ1) is 16.0. The van der Waals surface area contributed by atoms with Crippen LogP contribution in [0.25, 0.3) is 10.9 Å². The lowest BCUT2D eigenvalue weighted by Gasteiger charge is -2.12. The van der Waals surface area contributed by atoms with Crippen LogP contribution >= 0.6 is 61.1 Å². The number of halogens is 3. The number of aromatic nitrogens is 2. The van der Waals surface area contributed by atoms with Gasteiger partial charge in [-0.25, -0.2) is 4.98 Å². The standard InChI is InChI=1S/C25H20BrI2N3O2/c1-2-6-23-30-22-10-9-18(26)13-19(22)25(32)31(23)29-14-17-11-20(27)24(21(28)12-17)33-15-16-7-4-3-5-8-16/h3-5,7-14H,2,6,15H2,1H3. The lowest BCUT2D eigenvalue weighted by molar-refractivity contribution is 0.302. The van der Waals surface area contributed by atoms with Gasteiger partial charge in [0.25, 0.3) is 5.56 Å². The number of hydrogen-bond acceptors (Lipinski definition) is 4. The maximum atomic E-state index is 13.2. The molecule has 4 rings (SSSR count). The number of nitrogens with zero attached hydrogens (tertiary/aromatic N) is 3. The van der Waals surface area contributed by atoms with E-state index in [2.05, 4.69) is 78.1 Å². The van der Waals surface area contributed by atoms with Gasteiger partial charge in [0.2, 0.25) is 0 Å². The van der Waals surface area contributed by atoms with Crippen LogP contribution in [0, 0.1) is 7.14 Å². The van der Waals surface area contributed by atoms with E-state index in [9.17, 15) is 4.79 Å². The zero-order valence-electron chi connectivity index (χ0n) is 17.8. The van der Waals surface area contributed by atoms with Crippen LogP contribution in [0.4, 0.5) is 0 Å². The predicted molar refractivity (Wildman–Crippen MR) is 153 cm³/mol. The SMILES string of the molecule is CCCc1nc2ccc(Br)cc2c(=O)n1N=Cc1cc(I)c(OCc2ccccc2)c(I)c1. The molecule has 0 radical (unpaired) electrons. The van der Waals surface area contributed by atoms with Gasteiger partial charge < -0.3 is 4.74 Å². The minimum atomic E-state index is -0.173. The third-order valence-electron chi connectivity index (χ3n) is 4.92. The highest BCUT2D eigenvalue weighted by Crippen LogP contribution is 2.29. The molecule has 0 aliphatic heterocycles. The summed E-state index contributed by atoms with van der Waals surface area (Å²) in [5.41, 5.74) is 2.52. The highest BCUT2D eigenvalue weighted by atomic mass is 127. The first kappa shape index (κ1) is 24.3. The smallest absolute Gasteiger partial charge is 0.282 e. The quantitative estimate of drug-likeness (QED) is 0.156. The summed E-state index contributed by atoms with van der Waals surface area (Å²) in [6.07, 6.45) is 3.24. The van der Waals surface area contributed by atoms with Gasteiger partial charge >= 0.3 is 0 Å². The maximum absolute atomic E-state index is 13.2. The molecular weight excluding hydrogens is 708 g/mol. The third kappa shape index (κ3) is 5.83. The minimum absolute atomic E-state index is 0.173. The van der Waals surface area contributed by atoms with Crippen LogP contribution in [0.1, 0.15) is 30.3 Å². The molecule has 8 heteroatoms. The Kier molecular flexibility index (Phi) is 8.18. The fraction of sp³-hybridized carbons (Fsp3) is 0.160. The normalized spacial score (nSPS) is 11.4. The number of hydrogen-bond donors (Lipinski definition) is 0. The molecule has 0 fully saturated rings. The molecule has 0 saturated heterocycles. The molecule has 33 heavy (non-hydrogen) atoms. The van der Waals surface area contributed by atoms with E-state index < -0.39 is 0 Å². The van der Waals surface area contributed by atoms with Crippen LogP contribution in [0.5, 0.6) is 5.75 Å². The summed E-state index contributed by atoms with van der Waals surface area (Å²) in [6.45, 7) is 2.57. The van der Waals surface area contributed by atoms with E-state index in [0.29, 0.717) is 29.8 Å². The largest absolute Gasteiger partial charge is 0.487 e. The summed E-state index contributed by atoms with van der Waals surface area (Å²) >= 11 is 7.98. The second kappa shape index (κ2) is 11.1. The first-order valence-corrected chi connectivity index (χ1v) is 13.3. The zero-order chi connectivity index (χ0) is 23.4. The Hall–Kier alpha value is -1.79. The molecule has 0 atom stereocenters. The lowest BCUT2D eigenvalue weighted by atomic mass is 10.2. The van der Waals surface area contributed by atoms with E-state index in [4.69, 9.17) is 4.74 Å². The topological polar surface area (TPSA) is 56.5 Å². The van der Waals surface area contributed by atoms with Gasteiger partial charge in [-0.3, -0.25) is 4.79 Å². The van der Waals surface area contributed by atoms with Gasteiger partial charge in [-0.2, -0.15) is 9.78 Å². The molecule has 0 spiro atoms. The van der Waals surface area contributed by atoms with Crippen molar-refractivity contribution in [3.63, 3.8) is 0 Å². The van der Waals surface area contributed by atoms with Crippen molar-refractivity contribution in [1.82, 2.24) is 9.66 Å². The Balaban J connectivity index is 1.65. The van der Waals surface area contributed by atoms with Crippen LogP contribution in [-0.2, 0) is 13.0 Å². The highest BCUT2D eigenvalue weighted by molar-refractivity contribution is 14.1. The second-order valence-electron chi connectivity index (χ2n) is 7.39. The van der Waals surface area contributed by atoms with Gasteiger partial charge in [0.05, 0.1) is 24.3 Å². The van der Waals surface area contributed by atoms with E-state index in [1.807, 2.05) is 54.6 Å². The predicted octanol–water partition coefficient (Wildman–Crippen LogP) is 6.78. The Bertz CT molecular complexity index is 1370. The molecule has 0 aliphatic carbocycles. The van der Waals surface area contributed by atoms with Crippen molar-refractivity contribution in [3.05, 3.63) is 99.6 Å². The van der Waals surface area contributed by atoms with Crippen molar-refractivity contribution in [3.8, 4) is 5.75 Å². The zero-order valence-corrected chi connectivity index (χ0v) is 23.7. The minimum Gasteiger partial charge on any atom is -0.487 e. The van der Waals surface area contributed by atoms with Crippen molar-refractivity contribution in [2.75, 3.05) is 0 Å². The molecule has 1 heterocycles. The molecule has 4 aromatic rings. The van der Waals surface area contributed by atoms with Crippen molar-refractivity contribution in [2.24, 2.45) is 5.10 Å². The molecule has 0 saturated carbocycles. The van der Waals surface area contributed by atoms with Gasteiger partial charge in [-0.05, 0) is 93.1 Å². The molecule has 1 aromatic heterocycles. The average molecular weight is 728 g/mol. The average Bonchev–Trinajstić information content (AvgIpc) is 2.80. The summed E-state index contributed by atoms with van der Waals surface area (Å²) in [5.74, 6) is 1.50. The Morgan fingerprint density at radius 1 is 1.09 bits per heavy atom. The van der Waals surface area contributed by atoms with Crippen molar-refractivity contribution >= 4 is 78.2 Å². The second-order valence-corrected chi connectivity index (χ2v) is 10.6. The number of fused-ring (bicyclic) bond motifs is 1. The summed E-state index contributed by atoms with van der Waals surface area (Å²) in [6, 6.07) is 19.6. The van der Waals surface area contributed by atoms with E-state index in [1.54, 1.807) is 12.3 Å². The van der Waals surface area contributed by atoms with Crippen LogP contribution in [0.3, 0.4) is 0 Å². The van der Waals surface area contributed by atoms with E-state index >= 15 is 0 Å². The summed E-state index contributed by atoms with van der Waals surface area (Å²) < 4.78 is 10.3. The van der Waals surface area contributed by atoms with Crippen molar-refractivity contribution in [1.29, 1.82) is 0 Å². The fourth-order valence-corrected chi connectivity index (χ4v) is 5.83. The highest BCUT2D eigenvalue weighted by Gasteiger charge is 2.12. The van der Waals surface area contributed by atoms with E-state index in [0.717, 1.165) is 34.9 Å². The van der Waals surface area contributed by atoms with Crippen LogP contribution < -0.4 is 10.3 Å². The van der Waals surface area contributed by atoms with Gasteiger partial charge in [0, 0.05) is 10.9 Å². The van der Waals surface area contributed by atoms with Crippen molar-refractivity contribution in [2.45, 2.75) is 26.4 Å². The number of ether oxygens (including phenoxy) is 1. The lowest BCUT2D eigenvalue weighted by Crippen LogP contribution is -2.22. The molecular formula is C25H20BrI2N3O2. The fourth-order valence-electron chi connectivity index (χ4n) is 3.35. The molecule has 0 bridgehead atoms. The molecule has 0 amide bonds. The van der Waals surface area contributed by atoms with Gasteiger partial charge in [-0.15, -0.1) is 0 Å². The van der Waals surface area contributed by atoms with Gasteiger partial charge in [-0.1, -0.05) is 53.2 Å². The van der Waals surface area contributed by atoms with E-state index in [1.165, 1.54) is 4.68 Å². The molecule has 5 nitrogen and oxygen atoms in total. The number of aryl methyl sites for hydroxylation is 1. The number of benzene rings is 3. The number of rotatable bonds is 7. The molecule has 0 N–H and O–H groups in total. The van der Waals surface area contributed by atoms with Gasteiger partial charge in [0.15, 0.2) is 0 Å². The van der Waals surface area contributed by atoms with Gasteiger partial charge in [0.1, 0.15) is 18.2 Å². The molecule has 0 unspecified atom stereocenters. The molecule has 168 valence electrons. The Labute approximate surface area is 227 Å². The Morgan fingerprint density at radius 2 is 1.82 bits per heavy atom. The maximum Gasteiger partial charge on any atom is 0.282 e. The van der Waals surface area contributed by atoms with Crippen LogP contribution in [0.15, 0.2) is 75.0 Å². The van der Waals surface area contributed by atoms with Crippen LogP contribution in [-0.4, -0.2) is 15.9 Å². The summed E-state index contributed by atoms with van der Waals surface area (Å²) in [4.78, 5) is 17.9. The summed E-state index contributed by atoms with van der Waals surface area (Å²) in [7, 11) is 0. The first-order valence-electron chi connectivity index (χ1n) is 10.4. The monoisotopic (exact) mass is 727 g/mol. The summed E-state index contributed by atoms with van der Waals surface area (Å²) in [5, 5.41) is 5.07. The van der Waals surface area contributed by atoms with Crippen LogP contribution in [0.2, 0.25) is 0 Å². The molecule has 0 aliphatic rings. The third-order valence-corrected chi connectivity index (χ3v) is 7.01. The van der Waals surface area contributed by atoms with Crippen molar-refractivity contribution < 1.29 is 4.74 Å².